The molecule has 0 unspecified atom stereocenters. The first-order valence-corrected chi connectivity index (χ1v) is 12.6. The highest BCUT2D eigenvalue weighted by Crippen LogP contribution is 2.42. The summed E-state index contributed by atoms with van der Waals surface area (Å²) in [7, 11) is 0. The molecule has 0 heterocycles. The molecule has 0 aliphatic heterocycles. The minimum absolute atomic E-state index is 0.0239. The van der Waals surface area contributed by atoms with E-state index in [-0.39, 0.29) is 37.5 Å². The van der Waals surface area contributed by atoms with Crippen molar-refractivity contribution in [1.29, 1.82) is 0 Å². The molecule has 0 bridgehead atoms. The second-order valence-electron chi connectivity index (χ2n) is 9.67. The minimum Gasteiger partial charge on any atom is -0.463 e. The van der Waals surface area contributed by atoms with Crippen LogP contribution in [0.25, 0.3) is 6.08 Å². The van der Waals surface area contributed by atoms with Crippen LogP contribution < -0.4 is 16.2 Å². The predicted octanol–water partition coefficient (Wildman–Crippen LogP) is 7.16. The summed E-state index contributed by atoms with van der Waals surface area (Å²) >= 11 is 0. The maximum Gasteiger partial charge on any atom is 0.400 e. The number of alkyl halides is 5. The Hall–Kier alpha value is -3.30. The Balaban J connectivity index is 1.39. The lowest BCUT2D eigenvalue weighted by Crippen LogP contribution is -2.37. The van der Waals surface area contributed by atoms with E-state index in [1.165, 1.54) is 36.4 Å². The summed E-state index contributed by atoms with van der Waals surface area (Å²) in [5.41, 5.74) is 14.3. The van der Waals surface area contributed by atoms with Crippen molar-refractivity contribution in [2.24, 2.45) is 11.8 Å². The van der Waals surface area contributed by atoms with Crippen LogP contribution in [-0.2, 0) is 16.0 Å². The van der Waals surface area contributed by atoms with E-state index in [0.29, 0.717) is 42.6 Å². The quantitative estimate of drug-likeness (QED) is 0.104. The van der Waals surface area contributed by atoms with E-state index in [0.717, 1.165) is 5.56 Å². The summed E-state index contributed by atoms with van der Waals surface area (Å²) in [5, 5.41) is 0. The third kappa shape index (κ3) is 9.54. The van der Waals surface area contributed by atoms with Crippen LogP contribution in [0.15, 0.2) is 48.5 Å². The van der Waals surface area contributed by atoms with Gasteiger partial charge in [0, 0.05) is 23.9 Å². The molecule has 208 valence electrons. The van der Waals surface area contributed by atoms with E-state index in [2.05, 4.69) is 0 Å². The summed E-state index contributed by atoms with van der Waals surface area (Å²) < 4.78 is 76.6. The van der Waals surface area contributed by atoms with Crippen LogP contribution in [0.4, 0.5) is 33.3 Å². The first kappa shape index (κ1) is 29.3. The molecule has 2 aromatic carbocycles. The lowest BCUT2D eigenvalue weighted by Gasteiger charge is -2.33. The van der Waals surface area contributed by atoms with Crippen molar-refractivity contribution in [3.63, 3.8) is 0 Å². The molecule has 4 N–H and O–H groups in total. The first-order chi connectivity index (χ1) is 17.9. The Bertz CT molecular complexity index is 1080. The Kier molecular flexibility index (Phi) is 9.99. The SMILES string of the molecule is Nc1ccc(CCCOC(=O)/C=C/c2ccc(OC(F)(F)C3CCC(CCC(F)(F)F)CC3)cc2)c(N)c1. The van der Waals surface area contributed by atoms with Gasteiger partial charge in [0.2, 0.25) is 0 Å². The predicted molar refractivity (Wildman–Crippen MR) is 136 cm³/mol. The number of hydrogen-bond acceptors (Lipinski definition) is 5. The molecule has 0 aromatic heterocycles. The number of nitrogens with two attached hydrogens (primary N) is 2. The van der Waals surface area contributed by atoms with E-state index in [4.69, 9.17) is 20.9 Å². The summed E-state index contributed by atoms with van der Waals surface area (Å²) in [6, 6.07) is 11.1. The smallest absolute Gasteiger partial charge is 0.400 e. The lowest BCUT2D eigenvalue weighted by molar-refractivity contribution is -0.224. The normalized spacial score (nSPS) is 18.4. The standard InChI is InChI=1S/C28H33F5N2O3/c29-27(30,31)16-15-20-3-9-22(10-4-20)28(32,33)38-24-12-5-19(6-13-24)7-14-26(36)37-17-1-2-21-8-11-23(34)18-25(21)35/h5-8,11-14,18,20,22H,1-4,9-10,15-17,34-35H2/b14-7+. The molecule has 0 amide bonds. The number of carbonyl (C=O) groups excluding carboxylic acids is 1. The van der Waals surface area contributed by atoms with Crippen LogP contribution in [0.1, 0.15) is 56.1 Å². The van der Waals surface area contributed by atoms with Crippen LogP contribution in [0.5, 0.6) is 5.75 Å². The van der Waals surface area contributed by atoms with Crippen LogP contribution in [-0.4, -0.2) is 24.9 Å². The lowest BCUT2D eigenvalue weighted by atomic mass is 9.79. The number of hydrogen-bond donors (Lipinski definition) is 2. The molecule has 38 heavy (non-hydrogen) atoms. The number of benzene rings is 2. The van der Waals surface area contributed by atoms with Crippen LogP contribution in [0.3, 0.4) is 0 Å². The Morgan fingerprint density at radius 3 is 2.29 bits per heavy atom. The Labute approximate surface area is 219 Å². The van der Waals surface area contributed by atoms with Crippen LogP contribution in [0, 0.1) is 11.8 Å². The van der Waals surface area contributed by atoms with Gasteiger partial charge in [-0.05, 0) is 92.3 Å². The van der Waals surface area contributed by atoms with Crippen molar-refractivity contribution in [3.8, 4) is 5.75 Å². The van der Waals surface area contributed by atoms with Crippen LogP contribution in [0.2, 0.25) is 0 Å². The van der Waals surface area contributed by atoms with E-state index in [9.17, 15) is 26.7 Å². The average Bonchev–Trinajstić information content (AvgIpc) is 2.85. The van der Waals surface area contributed by atoms with Crippen molar-refractivity contribution < 1.29 is 36.2 Å². The molecular weight excluding hydrogens is 507 g/mol. The number of carbonyl (C=O) groups is 1. The Morgan fingerprint density at radius 2 is 1.66 bits per heavy atom. The average molecular weight is 541 g/mol. The fourth-order valence-electron chi connectivity index (χ4n) is 4.53. The number of ether oxygens (including phenoxy) is 2. The second kappa shape index (κ2) is 13.0. The van der Waals surface area contributed by atoms with Gasteiger partial charge < -0.3 is 20.9 Å². The van der Waals surface area contributed by atoms with Crippen molar-refractivity contribution in [1.82, 2.24) is 0 Å². The monoisotopic (exact) mass is 540 g/mol. The van der Waals surface area contributed by atoms with Gasteiger partial charge in [0.15, 0.2) is 0 Å². The van der Waals surface area contributed by atoms with Crippen molar-refractivity contribution in [2.45, 2.75) is 63.7 Å². The van der Waals surface area contributed by atoms with Gasteiger partial charge in [-0.3, -0.25) is 0 Å². The third-order valence-electron chi connectivity index (χ3n) is 6.71. The van der Waals surface area contributed by atoms with Crippen molar-refractivity contribution in [3.05, 3.63) is 59.7 Å². The molecular formula is C28H33F5N2O3. The number of anilines is 2. The molecule has 3 rings (SSSR count). The van der Waals surface area contributed by atoms with Crippen molar-refractivity contribution in [2.75, 3.05) is 18.1 Å². The van der Waals surface area contributed by atoms with Gasteiger partial charge >= 0.3 is 18.3 Å². The van der Waals surface area contributed by atoms with E-state index in [1.807, 2.05) is 6.07 Å². The number of esters is 1. The summed E-state index contributed by atoms with van der Waals surface area (Å²) in [4.78, 5) is 12.0. The third-order valence-corrected chi connectivity index (χ3v) is 6.71. The molecule has 1 saturated carbocycles. The van der Waals surface area contributed by atoms with Gasteiger partial charge in [0.05, 0.1) is 12.5 Å². The van der Waals surface area contributed by atoms with Gasteiger partial charge in [0.25, 0.3) is 0 Å². The highest BCUT2D eigenvalue weighted by Gasteiger charge is 2.44. The van der Waals surface area contributed by atoms with Gasteiger partial charge in [-0.25, -0.2) is 4.79 Å². The highest BCUT2D eigenvalue weighted by atomic mass is 19.4. The summed E-state index contributed by atoms with van der Waals surface area (Å²) in [5.74, 6) is -1.80. The molecule has 0 atom stereocenters. The maximum absolute atomic E-state index is 14.7. The topological polar surface area (TPSA) is 87.6 Å². The largest absolute Gasteiger partial charge is 0.463 e. The second-order valence-corrected chi connectivity index (χ2v) is 9.67. The van der Waals surface area contributed by atoms with E-state index < -0.39 is 30.6 Å². The van der Waals surface area contributed by atoms with Gasteiger partial charge in [-0.15, -0.1) is 0 Å². The molecule has 2 aromatic rings. The Morgan fingerprint density at radius 1 is 0.974 bits per heavy atom. The molecule has 1 aliphatic rings. The number of nitrogen functional groups attached to an aromatic ring is 2. The maximum atomic E-state index is 14.7. The molecule has 5 nitrogen and oxygen atoms in total. The fourth-order valence-corrected chi connectivity index (χ4v) is 4.53. The number of halogens is 5. The zero-order valence-corrected chi connectivity index (χ0v) is 21.0. The molecule has 0 radical (unpaired) electrons. The van der Waals surface area contributed by atoms with E-state index in [1.54, 1.807) is 12.1 Å². The molecule has 1 aliphatic carbocycles. The number of rotatable bonds is 11. The van der Waals surface area contributed by atoms with Gasteiger partial charge in [0.1, 0.15) is 5.75 Å². The highest BCUT2D eigenvalue weighted by molar-refractivity contribution is 5.87. The molecule has 10 heteroatoms. The van der Waals surface area contributed by atoms with E-state index >= 15 is 0 Å². The van der Waals surface area contributed by atoms with Crippen LogP contribution >= 0.6 is 0 Å². The minimum atomic E-state index is -4.22. The zero-order valence-electron chi connectivity index (χ0n) is 21.0. The summed E-state index contributed by atoms with van der Waals surface area (Å²) in [6.07, 6.45) is -3.69. The molecule has 0 spiro atoms. The molecule has 1 fully saturated rings. The van der Waals surface area contributed by atoms with Gasteiger partial charge in [-0.1, -0.05) is 18.2 Å². The van der Waals surface area contributed by atoms with Crippen molar-refractivity contribution >= 4 is 23.4 Å². The zero-order chi connectivity index (χ0) is 27.8. The first-order valence-electron chi connectivity index (χ1n) is 12.6. The fraction of sp³-hybridized carbons (Fsp3) is 0.464. The van der Waals surface area contributed by atoms with Gasteiger partial charge in [-0.2, -0.15) is 22.0 Å². The molecule has 0 saturated heterocycles. The summed E-state index contributed by atoms with van der Waals surface area (Å²) in [6.45, 7) is 0.207. The number of aryl methyl sites for hydroxylation is 1.